The summed E-state index contributed by atoms with van der Waals surface area (Å²) in [6, 6.07) is 9.38. The van der Waals surface area contributed by atoms with Crippen molar-refractivity contribution in [2.45, 2.75) is 45.4 Å². The van der Waals surface area contributed by atoms with Crippen LogP contribution in [0.15, 0.2) is 24.3 Å². The summed E-state index contributed by atoms with van der Waals surface area (Å²) in [6.45, 7) is 9.79. The van der Waals surface area contributed by atoms with Crippen molar-refractivity contribution in [3.05, 3.63) is 35.4 Å². The summed E-state index contributed by atoms with van der Waals surface area (Å²) in [5, 5.41) is 10.3. The third-order valence-corrected chi connectivity index (χ3v) is 4.58. The van der Waals surface area contributed by atoms with Gasteiger partial charge in [0.15, 0.2) is 0 Å². The number of rotatable bonds is 4. The molecule has 1 aromatic carbocycles. The van der Waals surface area contributed by atoms with E-state index in [0.717, 1.165) is 31.6 Å². The third kappa shape index (κ3) is 3.81. The molecule has 1 heterocycles. The van der Waals surface area contributed by atoms with Crippen LogP contribution < -0.4 is 0 Å². The van der Waals surface area contributed by atoms with Crippen LogP contribution in [0.2, 0.25) is 0 Å². The standard InChI is InChI=1S/C17H28N2O/c1-13-6-5-7-16(10-13)17(20)8-9-19-11-14(2)18(4)15(3)12-19/h5-7,10,14-15,17,20H,8-9,11-12H2,1-4H3. The Kier molecular flexibility index (Phi) is 5.19. The molecular formula is C17H28N2O. The van der Waals surface area contributed by atoms with Crippen LogP contribution in [0.1, 0.15) is 37.5 Å². The van der Waals surface area contributed by atoms with E-state index in [0.29, 0.717) is 12.1 Å². The second-order valence-electron chi connectivity index (χ2n) is 6.34. The highest BCUT2D eigenvalue weighted by Crippen LogP contribution is 2.20. The highest BCUT2D eigenvalue weighted by Gasteiger charge is 2.26. The molecule has 1 N–H and O–H groups in total. The molecule has 0 aromatic heterocycles. The highest BCUT2D eigenvalue weighted by atomic mass is 16.3. The average Bonchev–Trinajstić information content (AvgIpc) is 2.42. The molecule has 112 valence electrons. The molecule has 0 aliphatic carbocycles. The molecule has 20 heavy (non-hydrogen) atoms. The normalized spacial score (nSPS) is 26.6. The Hall–Kier alpha value is -0.900. The number of aliphatic hydroxyl groups excluding tert-OH is 1. The van der Waals surface area contributed by atoms with Crippen LogP contribution in [0.4, 0.5) is 0 Å². The lowest BCUT2D eigenvalue weighted by Crippen LogP contribution is -2.55. The van der Waals surface area contributed by atoms with Crippen molar-refractivity contribution >= 4 is 0 Å². The minimum absolute atomic E-state index is 0.347. The molecule has 0 amide bonds. The number of hydrogen-bond acceptors (Lipinski definition) is 3. The van der Waals surface area contributed by atoms with Crippen LogP contribution in [-0.4, -0.2) is 53.7 Å². The van der Waals surface area contributed by atoms with Crippen molar-refractivity contribution < 1.29 is 5.11 Å². The molecule has 3 atom stereocenters. The molecule has 3 nitrogen and oxygen atoms in total. The quantitative estimate of drug-likeness (QED) is 0.915. The van der Waals surface area contributed by atoms with E-state index in [-0.39, 0.29) is 6.10 Å². The molecule has 3 unspecified atom stereocenters. The molecule has 1 saturated heterocycles. The topological polar surface area (TPSA) is 26.7 Å². The Bertz CT molecular complexity index is 423. The van der Waals surface area contributed by atoms with Crippen LogP contribution in [0.3, 0.4) is 0 Å². The second-order valence-corrected chi connectivity index (χ2v) is 6.34. The highest BCUT2D eigenvalue weighted by molar-refractivity contribution is 5.23. The first-order valence-electron chi connectivity index (χ1n) is 7.66. The van der Waals surface area contributed by atoms with Gasteiger partial charge in [0.25, 0.3) is 0 Å². The summed E-state index contributed by atoms with van der Waals surface area (Å²) in [6.07, 6.45) is 0.465. The fourth-order valence-corrected chi connectivity index (χ4v) is 3.05. The van der Waals surface area contributed by atoms with Gasteiger partial charge in [-0.25, -0.2) is 0 Å². The van der Waals surface area contributed by atoms with E-state index in [2.05, 4.69) is 49.8 Å². The van der Waals surface area contributed by atoms with Crippen molar-refractivity contribution in [2.75, 3.05) is 26.7 Å². The van der Waals surface area contributed by atoms with E-state index in [4.69, 9.17) is 0 Å². The van der Waals surface area contributed by atoms with Gasteiger partial charge in [0.1, 0.15) is 0 Å². The molecule has 1 aliphatic heterocycles. The summed E-state index contributed by atoms with van der Waals surface area (Å²) in [5.74, 6) is 0. The first-order chi connectivity index (χ1) is 9.47. The van der Waals surface area contributed by atoms with E-state index in [9.17, 15) is 5.11 Å². The van der Waals surface area contributed by atoms with Gasteiger partial charge in [0.2, 0.25) is 0 Å². The Morgan fingerprint density at radius 1 is 1.25 bits per heavy atom. The maximum atomic E-state index is 10.3. The van der Waals surface area contributed by atoms with Gasteiger partial charge in [-0.15, -0.1) is 0 Å². The zero-order valence-corrected chi connectivity index (χ0v) is 13.2. The second kappa shape index (κ2) is 6.70. The van der Waals surface area contributed by atoms with Crippen LogP contribution in [0.5, 0.6) is 0 Å². The summed E-state index contributed by atoms with van der Waals surface area (Å²) >= 11 is 0. The lowest BCUT2D eigenvalue weighted by atomic mass is 10.0. The molecule has 0 saturated carbocycles. The fraction of sp³-hybridized carbons (Fsp3) is 0.647. The molecule has 0 bridgehead atoms. The van der Waals surface area contributed by atoms with E-state index in [1.54, 1.807) is 0 Å². The van der Waals surface area contributed by atoms with Gasteiger partial charge < -0.3 is 10.0 Å². The lowest BCUT2D eigenvalue weighted by molar-refractivity contribution is 0.0485. The Labute approximate surface area is 123 Å². The van der Waals surface area contributed by atoms with Crippen molar-refractivity contribution in [1.82, 2.24) is 9.80 Å². The summed E-state index contributed by atoms with van der Waals surface area (Å²) in [5.41, 5.74) is 2.25. The number of aliphatic hydroxyl groups is 1. The minimum atomic E-state index is -0.347. The first kappa shape index (κ1) is 15.5. The minimum Gasteiger partial charge on any atom is -0.388 e. The average molecular weight is 276 g/mol. The van der Waals surface area contributed by atoms with Crippen LogP contribution in [-0.2, 0) is 0 Å². The summed E-state index contributed by atoms with van der Waals surface area (Å²) in [4.78, 5) is 4.92. The monoisotopic (exact) mass is 276 g/mol. The molecule has 2 rings (SSSR count). The van der Waals surface area contributed by atoms with Crippen molar-refractivity contribution in [1.29, 1.82) is 0 Å². The predicted molar refractivity (Wildman–Crippen MR) is 83.9 cm³/mol. The summed E-state index contributed by atoms with van der Waals surface area (Å²) in [7, 11) is 2.20. The zero-order valence-electron chi connectivity index (χ0n) is 13.2. The largest absolute Gasteiger partial charge is 0.388 e. The first-order valence-corrected chi connectivity index (χ1v) is 7.66. The van der Waals surface area contributed by atoms with E-state index in [1.807, 2.05) is 12.1 Å². The lowest BCUT2D eigenvalue weighted by Gasteiger charge is -2.42. The Balaban J connectivity index is 1.86. The number of piperazine rings is 1. The van der Waals surface area contributed by atoms with Crippen molar-refractivity contribution in [3.63, 3.8) is 0 Å². The molecule has 1 fully saturated rings. The van der Waals surface area contributed by atoms with Gasteiger partial charge in [-0.3, -0.25) is 4.90 Å². The zero-order chi connectivity index (χ0) is 14.7. The number of likely N-dealkylation sites (N-methyl/N-ethyl adjacent to an activating group) is 1. The SMILES string of the molecule is Cc1cccc(C(O)CCN2CC(C)N(C)C(C)C2)c1. The van der Waals surface area contributed by atoms with E-state index in [1.165, 1.54) is 5.56 Å². The number of hydrogen-bond donors (Lipinski definition) is 1. The van der Waals surface area contributed by atoms with Gasteiger partial charge >= 0.3 is 0 Å². The van der Waals surface area contributed by atoms with Gasteiger partial charge in [-0.2, -0.15) is 0 Å². The van der Waals surface area contributed by atoms with E-state index >= 15 is 0 Å². The fourth-order valence-electron chi connectivity index (χ4n) is 3.05. The number of aryl methyl sites for hydroxylation is 1. The third-order valence-electron chi connectivity index (χ3n) is 4.58. The van der Waals surface area contributed by atoms with Crippen molar-refractivity contribution in [2.24, 2.45) is 0 Å². The van der Waals surface area contributed by atoms with E-state index < -0.39 is 0 Å². The van der Waals surface area contributed by atoms with Gasteiger partial charge in [-0.05, 0) is 39.8 Å². The molecule has 0 radical (unpaired) electrons. The number of nitrogens with zero attached hydrogens (tertiary/aromatic N) is 2. The molecule has 0 spiro atoms. The maximum absolute atomic E-state index is 10.3. The van der Waals surface area contributed by atoms with Gasteiger partial charge in [0.05, 0.1) is 6.10 Å². The van der Waals surface area contributed by atoms with Crippen LogP contribution in [0, 0.1) is 6.92 Å². The Morgan fingerprint density at radius 3 is 2.50 bits per heavy atom. The van der Waals surface area contributed by atoms with Gasteiger partial charge in [-0.1, -0.05) is 29.8 Å². The number of benzene rings is 1. The molecule has 1 aromatic rings. The van der Waals surface area contributed by atoms with Crippen LogP contribution in [0.25, 0.3) is 0 Å². The molecule has 1 aliphatic rings. The van der Waals surface area contributed by atoms with Crippen molar-refractivity contribution in [3.8, 4) is 0 Å². The molecular weight excluding hydrogens is 248 g/mol. The molecule has 3 heteroatoms. The van der Waals surface area contributed by atoms with Crippen LogP contribution >= 0.6 is 0 Å². The predicted octanol–water partition coefficient (Wildman–Crippen LogP) is 2.44. The Morgan fingerprint density at radius 2 is 1.90 bits per heavy atom. The summed E-state index contributed by atoms with van der Waals surface area (Å²) < 4.78 is 0. The maximum Gasteiger partial charge on any atom is 0.0802 e. The smallest absolute Gasteiger partial charge is 0.0802 e. The van der Waals surface area contributed by atoms with Gasteiger partial charge in [0, 0.05) is 31.7 Å².